The first-order valence-electron chi connectivity index (χ1n) is 22.9. The van der Waals surface area contributed by atoms with Crippen molar-refractivity contribution in [1.29, 1.82) is 0 Å². The standard InChI is InChI=1S/C64H42N2O/c1-3-16-43(17-4-1)49-38-50(44-18-5-2-6-19-44)42-54(41-49)65(52-23-14-22-48(40-52)56-28-15-29-59-60-37-34-46-20-7-8-25-55(46)63(60)67-64(56)59)51-35-32-45(33-36-51)47-21-13-24-53(39-47)66-61-30-11-9-26-57(61)58-27-10-12-31-62(58)66/h1-42H. The van der Waals surface area contributed by atoms with Gasteiger partial charge in [0.1, 0.15) is 11.2 Å². The third-order valence-electron chi connectivity index (χ3n) is 13.3. The maximum atomic E-state index is 6.86. The van der Waals surface area contributed by atoms with Crippen LogP contribution in [0, 0.1) is 0 Å². The molecule has 2 heterocycles. The number of aromatic nitrogens is 1. The van der Waals surface area contributed by atoms with Gasteiger partial charge in [0.25, 0.3) is 0 Å². The first-order valence-corrected chi connectivity index (χ1v) is 22.9. The highest BCUT2D eigenvalue weighted by Gasteiger charge is 2.20. The first kappa shape index (κ1) is 38.5. The Bertz CT molecular complexity index is 3860. The molecule has 0 aliphatic carbocycles. The van der Waals surface area contributed by atoms with E-state index in [0.717, 1.165) is 94.6 Å². The molecule has 0 saturated heterocycles. The quantitative estimate of drug-likeness (QED) is 0.152. The summed E-state index contributed by atoms with van der Waals surface area (Å²) in [6.45, 7) is 0. The molecule has 67 heavy (non-hydrogen) atoms. The van der Waals surface area contributed by atoms with Crippen LogP contribution in [-0.4, -0.2) is 4.57 Å². The van der Waals surface area contributed by atoms with Crippen LogP contribution >= 0.6 is 0 Å². The molecule has 0 unspecified atom stereocenters. The van der Waals surface area contributed by atoms with E-state index >= 15 is 0 Å². The van der Waals surface area contributed by atoms with Gasteiger partial charge in [0.05, 0.1) is 11.0 Å². The summed E-state index contributed by atoms with van der Waals surface area (Å²) < 4.78 is 9.25. The van der Waals surface area contributed by atoms with Crippen LogP contribution in [0.3, 0.4) is 0 Å². The van der Waals surface area contributed by atoms with E-state index in [1.807, 2.05) is 0 Å². The van der Waals surface area contributed by atoms with Crippen LogP contribution in [0.4, 0.5) is 17.1 Å². The number of rotatable bonds is 8. The van der Waals surface area contributed by atoms with Crippen LogP contribution in [0.5, 0.6) is 0 Å². The summed E-state index contributed by atoms with van der Waals surface area (Å²) in [7, 11) is 0. The summed E-state index contributed by atoms with van der Waals surface area (Å²) in [5.74, 6) is 0. The van der Waals surface area contributed by atoms with Crippen molar-refractivity contribution in [2.24, 2.45) is 0 Å². The van der Waals surface area contributed by atoms with E-state index in [9.17, 15) is 0 Å². The molecular formula is C64H42N2O. The molecule has 11 aromatic carbocycles. The van der Waals surface area contributed by atoms with Crippen molar-refractivity contribution in [1.82, 2.24) is 4.57 Å². The van der Waals surface area contributed by atoms with Crippen molar-refractivity contribution in [2.45, 2.75) is 0 Å². The lowest BCUT2D eigenvalue weighted by Crippen LogP contribution is -2.10. The SMILES string of the molecule is c1ccc(-c2cc(-c3ccccc3)cc(N(c3ccc(-c4cccc(-n5c6ccccc6c6ccccc65)c4)cc3)c3cccc(-c4cccc5c4oc4c6ccccc6ccc54)c3)c2)cc1. The Labute approximate surface area is 388 Å². The monoisotopic (exact) mass is 854 g/mol. The highest BCUT2D eigenvalue weighted by Crippen LogP contribution is 2.44. The fourth-order valence-electron chi connectivity index (χ4n) is 10.2. The average Bonchev–Trinajstić information content (AvgIpc) is 3.96. The van der Waals surface area contributed by atoms with Gasteiger partial charge in [-0.25, -0.2) is 0 Å². The Balaban J connectivity index is 0.966. The maximum absolute atomic E-state index is 6.86. The molecule has 0 spiro atoms. The Morgan fingerprint density at radius 1 is 0.284 bits per heavy atom. The van der Waals surface area contributed by atoms with Gasteiger partial charge in [0, 0.05) is 55.2 Å². The number of benzene rings is 11. The second-order valence-corrected chi connectivity index (χ2v) is 17.3. The van der Waals surface area contributed by atoms with E-state index in [4.69, 9.17) is 4.42 Å². The zero-order chi connectivity index (χ0) is 44.3. The molecule has 0 N–H and O–H groups in total. The molecule has 0 saturated carbocycles. The van der Waals surface area contributed by atoms with Crippen LogP contribution in [0.2, 0.25) is 0 Å². The molecule has 0 atom stereocenters. The molecule has 13 rings (SSSR count). The smallest absolute Gasteiger partial charge is 0.143 e. The zero-order valence-corrected chi connectivity index (χ0v) is 36.6. The molecule has 0 bridgehead atoms. The second-order valence-electron chi connectivity index (χ2n) is 17.3. The number of hydrogen-bond donors (Lipinski definition) is 0. The fraction of sp³-hybridized carbons (Fsp3) is 0. The van der Waals surface area contributed by atoms with Crippen LogP contribution in [0.25, 0.3) is 105 Å². The predicted octanol–water partition coefficient (Wildman–Crippen LogP) is 18.0. The number of fused-ring (bicyclic) bond motifs is 8. The Morgan fingerprint density at radius 3 is 1.54 bits per heavy atom. The molecule has 3 nitrogen and oxygen atoms in total. The topological polar surface area (TPSA) is 21.3 Å². The number of nitrogens with zero attached hydrogens (tertiary/aromatic N) is 2. The third-order valence-corrected chi connectivity index (χ3v) is 13.3. The van der Waals surface area contributed by atoms with Gasteiger partial charge in [0.15, 0.2) is 0 Å². The minimum absolute atomic E-state index is 0.891. The van der Waals surface area contributed by atoms with Gasteiger partial charge < -0.3 is 13.9 Å². The molecule has 0 aliphatic rings. The van der Waals surface area contributed by atoms with E-state index in [1.54, 1.807) is 0 Å². The lowest BCUT2D eigenvalue weighted by molar-refractivity contribution is 0.674. The normalized spacial score (nSPS) is 11.6. The van der Waals surface area contributed by atoms with Gasteiger partial charge in [-0.15, -0.1) is 0 Å². The maximum Gasteiger partial charge on any atom is 0.143 e. The summed E-state index contributed by atoms with van der Waals surface area (Å²) in [5.41, 5.74) is 17.6. The van der Waals surface area contributed by atoms with Crippen molar-refractivity contribution in [3.05, 3.63) is 255 Å². The average molecular weight is 855 g/mol. The van der Waals surface area contributed by atoms with E-state index < -0.39 is 0 Å². The van der Waals surface area contributed by atoms with Gasteiger partial charge in [-0.1, -0.05) is 182 Å². The second kappa shape index (κ2) is 16.0. The molecule has 13 aromatic rings. The number of furan rings is 1. The van der Waals surface area contributed by atoms with Crippen LogP contribution < -0.4 is 4.90 Å². The van der Waals surface area contributed by atoms with E-state index in [2.05, 4.69) is 264 Å². The minimum Gasteiger partial charge on any atom is -0.455 e. The number of anilines is 3. The molecule has 314 valence electrons. The van der Waals surface area contributed by atoms with E-state index in [-0.39, 0.29) is 0 Å². The van der Waals surface area contributed by atoms with Crippen molar-refractivity contribution in [3.63, 3.8) is 0 Å². The van der Waals surface area contributed by atoms with Crippen molar-refractivity contribution in [3.8, 4) is 50.2 Å². The van der Waals surface area contributed by atoms with Crippen LogP contribution in [0.15, 0.2) is 259 Å². The number of para-hydroxylation sites is 3. The van der Waals surface area contributed by atoms with Crippen molar-refractivity contribution >= 4 is 71.6 Å². The molecule has 3 heteroatoms. The fourth-order valence-corrected chi connectivity index (χ4v) is 10.2. The van der Waals surface area contributed by atoms with Crippen molar-refractivity contribution in [2.75, 3.05) is 4.90 Å². The van der Waals surface area contributed by atoms with Gasteiger partial charge in [0.2, 0.25) is 0 Å². The summed E-state index contributed by atoms with van der Waals surface area (Å²) in [4.78, 5) is 2.40. The van der Waals surface area contributed by atoms with Crippen LogP contribution in [0.1, 0.15) is 0 Å². The van der Waals surface area contributed by atoms with E-state index in [0.29, 0.717) is 0 Å². The molecular weight excluding hydrogens is 813 g/mol. The molecule has 0 radical (unpaired) electrons. The molecule has 2 aromatic heterocycles. The van der Waals surface area contributed by atoms with Crippen LogP contribution in [-0.2, 0) is 0 Å². The summed E-state index contributed by atoms with van der Waals surface area (Å²) in [6.07, 6.45) is 0. The lowest BCUT2D eigenvalue weighted by atomic mass is 9.96. The number of hydrogen-bond acceptors (Lipinski definition) is 2. The minimum atomic E-state index is 0.891. The van der Waals surface area contributed by atoms with Gasteiger partial charge in [-0.05, 0) is 117 Å². The third kappa shape index (κ3) is 6.67. The Hall–Kier alpha value is -8.92. The first-order chi connectivity index (χ1) is 33.2. The van der Waals surface area contributed by atoms with Gasteiger partial charge in [-0.3, -0.25) is 0 Å². The van der Waals surface area contributed by atoms with Gasteiger partial charge >= 0.3 is 0 Å². The van der Waals surface area contributed by atoms with Gasteiger partial charge in [-0.2, -0.15) is 0 Å². The molecule has 0 aliphatic heterocycles. The predicted molar refractivity (Wildman–Crippen MR) is 282 cm³/mol. The largest absolute Gasteiger partial charge is 0.455 e. The lowest BCUT2D eigenvalue weighted by Gasteiger charge is -2.27. The summed E-state index contributed by atoms with van der Waals surface area (Å²) in [5, 5.41) is 7.04. The summed E-state index contributed by atoms with van der Waals surface area (Å²) in [6, 6.07) is 91.9. The molecule has 0 amide bonds. The Morgan fingerprint density at radius 2 is 0.821 bits per heavy atom. The van der Waals surface area contributed by atoms with Crippen molar-refractivity contribution < 1.29 is 4.42 Å². The molecule has 0 fully saturated rings. The zero-order valence-electron chi connectivity index (χ0n) is 36.6. The summed E-state index contributed by atoms with van der Waals surface area (Å²) >= 11 is 0. The highest BCUT2D eigenvalue weighted by molar-refractivity contribution is 6.17. The Kier molecular flexibility index (Phi) is 9.17. The highest BCUT2D eigenvalue weighted by atomic mass is 16.3. The van der Waals surface area contributed by atoms with E-state index in [1.165, 1.54) is 27.2 Å².